The Balaban J connectivity index is 1.36. The van der Waals surface area contributed by atoms with E-state index in [-0.39, 0.29) is 0 Å². The molecule has 1 atom stereocenters. The molecule has 4 rings (SSSR count). The lowest BCUT2D eigenvalue weighted by atomic mass is 10.0. The van der Waals surface area contributed by atoms with Crippen LogP contribution < -0.4 is 10.2 Å². The predicted molar refractivity (Wildman–Crippen MR) is 95.6 cm³/mol. The third-order valence-corrected chi connectivity index (χ3v) is 5.22. The van der Waals surface area contributed by atoms with E-state index >= 15 is 0 Å². The van der Waals surface area contributed by atoms with Gasteiger partial charge in [-0.05, 0) is 42.4 Å². The highest BCUT2D eigenvalue weighted by molar-refractivity contribution is 5.57. The Kier molecular flexibility index (Phi) is 4.12. The number of nitriles is 1. The Hall–Kier alpha value is -2.48. The molecule has 5 heteroatoms. The molecule has 0 aromatic carbocycles. The molecule has 0 amide bonds. The van der Waals surface area contributed by atoms with Crippen LogP contribution in [0.5, 0.6) is 0 Å². The second kappa shape index (κ2) is 6.56. The highest BCUT2D eigenvalue weighted by Crippen LogP contribution is 2.30. The minimum atomic E-state index is 0.548. The van der Waals surface area contributed by atoms with E-state index in [0.29, 0.717) is 5.92 Å². The van der Waals surface area contributed by atoms with Crippen LogP contribution in [-0.2, 0) is 0 Å². The predicted octanol–water partition coefficient (Wildman–Crippen LogP) is 2.76. The van der Waals surface area contributed by atoms with Gasteiger partial charge in [0.05, 0.1) is 0 Å². The van der Waals surface area contributed by atoms with Crippen molar-refractivity contribution in [2.45, 2.75) is 19.3 Å². The van der Waals surface area contributed by atoms with Crippen molar-refractivity contribution in [3.05, 3.63) is 41.6 Å². The van der Waals surface area contributed by atoms with E-state index in [1.54, 1.807) is 5.57 Å². The molecule has 1 saturated heterocycles. The molecule has 24 heavy (non-hydrogen) atoms. The van der Waals surface area contributed by atoms with Crippen LogP contribution in [0.4, 0.5) is 11.5 Å². The molecule has 0 spiro atoms. The third-order valence-electron chi connectivity index (χ3n) is 5.22. The largest absolute Gasteiger partial charge is 0.385 e. The Morgan fingerprint density at radius 2 is 2.33 bits per heavy atom. The van der Waals surface area contributed by atoms with Gasteiger partial charge >= 0.3 is 0 Å². The van der Waals surface area contributed by atoms with E-state index in [0.717, 1.165) is 50.6 Å². The standard InChI is InChI=1S/C19H23N5/c20-14-23-8-6-15(11-23)10-22-18-5-7-21-19(9-18)24-12-16-3-1-2-4-17(16)13-24/h1,3,5,7,9,15H,2,4,6,8,10-13H2,(H,21,22). The first kappa shape index (κ1) is 15.1. The minimum absolute atomic E-state index is 0.548. The van der Waals surface area contributed by atoms with Crippen LogP contribution in [0.1, 0.15) is 19.3 Å². The molecular weight excluding hydrogens is 298 g/mol. The molecule has 3 heterocycles. The van der Waals surface area contributed by atoms with Gasteiger partial charge in [0.2, 0.25) is 0 Å². The van der Waals surface area contributed by atoms with Gasteiger partial charge in [-0.15, -0.1) is 0 Å². The fourth-order valence-corrected chi connectivity index (χ4v) is 3.81. The Morgan fingerprint density at radius 3 is 3.17 bits per heavy atom. The van der Waals surface area contributed by atoms with Gasteiger partial charge < -0.3 is 15.1 Å². The Morgan fingerprint density at radius 1 is 1.38 bits per heavy atom. The van der Waals surface area contributed by atoms with Crippen molar-refractivity contribution in [3.8, 4) is 6.19 Å². The van der Waals surface area contributed by atoms with Gasteiger partial charge in [0.1, 0.15) is 5.82 Å². The summed E-state index contributed by atoms with van der Waals surface area (Å²) >= 11 is 0. The number of nitrogens with one attached hydrogen (secondary N) is 1. The number of anilines is 2. The van der Waals surface area contributed by atoms with Crippen molar-refractivity contribution in [1.29, 1.82) is 5.26 Å². The quantitative estimate of drug-likeness (QED) is 0.864. The number of likely N-dealkylation sites (tertiary alicyclic amines) is 1. The number of aromatic nitrogens is 1. The zero-order valence-corrected chi connectivity index (χ0v) is 13.9. The van der Waals surface area contributed by atoms with Crippen molar-refractivity contribution < 1.29 is 0 Å². The molecule has 1 fully saturated rings. The summed E-state index contributed by atoms with van der Waals surface area (Å²) in [6.07, 6.45) is 12.1. The highest BCUT2D eigenvalue weighted by Gasteiger charge is 2.23. The Bertz CT molecular complexity index is 715. The molecule has 3 aliphatic rings. The molecular formula is C19H23N5. The van der Waals surface area contributed by atoms with Gasteiger partial charge in [0.25, 0.3) is 0 Å². The summed E-state index contributed by atoms with van der Waals surface area (Å²) in [5, 5.41) is 12.5. The lowest BCUT2D eigenvalue weighted by Crippen LogP contribution is -2.22. The molecule has 0 bridgehead atoms. The first-order valence-electron chi connectivity index (χ1n) is 8.79. The molecule has 1 aromatic heterocycles. The summed E-state index contributed by atoms with van der Waals surface area (Å²) in [5.74, 6) is 1.60. The fourth-order valence-electron chi connectivity index (χ4n) is 3.81. The molecule has 1 aliphatic carbocycles. The van der Waals surface area contributed by atoms with Crippen LogP contribution >= 0.6 is 0 Å². The van der Waals surface area contributed by atoms with E-state index < -0.39 is 0 Å². The average Bonchev–Trinajstić information content (AvgIpc) is 3.26. The molecule has 0 saturated carbocycles. The molecule has 1 N–H and O–H groups in total. The summed E-state index contributed by atoms with van der Waals surface area (Å²) in [5.41, 5.74) is 4.17. The SMILES string of the molecule is N#CN1CCC(CNc2ccnc(N3CC4=C(CCC=C4)C3)c2)C1. The van der Waals surface area contributed by atoms with Crippen LogP contribution in [0.3, 0.4) is 0 Å². The van der Waals surface area contributed by atoms with Crippen molar-refractivity contribution in [2.24, 2.45) is 5.92 Å². The first-order chi connectivity index (χ1) is 11.8. The van der Waals surface area contributed by atoms with Gasteiger partial charge in [-0.2, -0.15) is 5.26 Å². The van der Waals surface area contributed by atoms with Crippen LogP contribution in [0.2, 0.25) is 0 Å². The van der Waals surface area contributed by atoms with E-state index in [1.165, 1.54) is 18.4 Å². The molecule has 0 radical (unpaired) electrons. The van der Waals surface area contributed by atoms with E-state index in [1.807, 2.05) is 17.2 Å². The van der Waals surface area contributed by atoms with Crippen LogP contribution in [0.25, 0.3) is 0 Å². The molecule has 5 nitrogen and oxygen atoms in total. The van der Waals surface area contributed by atoms with Gasteiger partial charge in [-0.3, -0.25) is 0 Å². The number of pyridine rings is 1. The van der Waals surface area contributed by atoms with E-state index in [9.17, 15) is 0 Å². The second-order valence-electron chi connectivity index (χ2n) is 6.91. The zero-order valence-electron chi connectivity index (χ0n) is 13.9. The maximum absolute atomic E-state index is 8.95. The van der Waals surface area contributed by atoms with Crippen LogP contribution in [0, 0.1) is 17.4 Å². The minimum Gasteiger partial charge on any atom is -0.385 e. The first-order valence-corrected chi connectivity index (χ1v) is 8.79. The topological polar surface area (TPSA) is 55.2 Å². The van der Waals surface area contributed by atoms with E-state index in [4.69, 9.17) is 5.26 Å². The average molecular weight is 321 g/mol. The van der Waals surface area contributed by atoms with Gasteiger partial charge in [-0.25, -0.2) is 4.98 Å². The van der Waals surface area contributed by atoms with E-state index in [2.05, 4.69) is 39.6 Å². The van der Waals surface area contributed by atoms with Gasteiger partial charge in [0.15, 0.2) is 6.19 Å². The summed E-state index contributed by atoms with van der Waals surface area (Å²) in [6.45, 7) is 4.66. The highest BCUT2D eigenvalue weighted by atomic mass is 15.2. The zero-order chi connectivity index (χ0) is 16.4. The summed E-state index contributed by atoms with van der Waals surface area (Å²) < 4.78 is 0. The number of nitrogens with zero attached hydrogens (tertiary/aromatic N) is 4. The number of hydrogen-bond acceptors (Lipinski definition) is 5. The fraction of sp³-hybridized carbons (Fsp3) is 0.474. The molecule has 2 aliphatic heterocycles. The molecule has 124 valence electrons. The number of rotatable bonds is 4. The summed E-state index contributed by atoms with van der Waals surface area (Å²) in [4.78, 5) is 8.77. The molecule has 1 aromatic rings. The van der Waals surface area contributed by atoms with Crippen molar-refractivity contribution in [1.82, 2.24) is 9.88 Å². The third kappa shape index (κ3) is 3.09. The van der Waals surface area contributed by atoms with Crippen molar-refractivity contribution in [2.75, 3.05) is 42.9 Å². The lowest BCUT2D eigenvalue weighted by molar-refractivity contribution is 0.461. The normalized spacial score (nSPS) is 22.7. The monoisotopic (exact) mass is 321 g/mol. The van der Waals surface area contributed by atoms with Gasteiger partial charge in [0, 0.05) is 50.7 Å². The number of hydrogen-bond donors (Lipinski definition) is 1. The van der Waals surface area contributed by atoms with Crippen molar-refractivity contribution in [3.63, 3.8) is 0 Å². The maximum atomic E-state index is 8.95. The lowest BCUT2D eigenvalue weighted by Gasteiger charge is -2.19. The summed E-state index contributed by atoms with van der Waals surface area (Å²) in [7, 11) is 0. The smallest absolute Gasteiger partial charge is 0.179 e. The van der Waals surface area contributed by atoms with Gasteiger partial charge in [-0.1, -0.05) is 12.2 Å². The summed E-state index contributed by atoms with van der Waals surface area (Å²) in [6, 6.07) is 4.18. The van der Waals surface area contributed by atoms with Crippen LogP contribution in [-0.4, -0.2) is 42.6 Å². The van der Waals surface area contributed by atoms with Crippen LogP contribution in [0.15, 0.2) is 41.6 Å². The Labute approximate surface area is 143 Å². The van der Waals surface area contributed by atoms with Crippen molar-refractivity contribution >= 4 is 11.5 Å². The maximum Gasteiger partial charge on any atom is 0.179 e. The molecule has 1 unspecified atom stereocenters. The number of allylic oxidation sites excluding steroid dienone is 1. The second-order valence-corrected chi connectivity index (χ2v) is 6.91.